The predicted molar refractivity (Wildman–Crippen MR) is 99.9 cm³/mol. The van der Waals surface area contributed by atoms with Gasteiger partial charge in [-0.25, -0.2) is 9.78 Å². The van der Waals surface area contributed by atoms with Crippen molar-refractivity contribution in [3.8, 4) is 0 Å². The molecule has 2 aliphatic rings. The zero-order valence-electron chi connectivity index (χ0n) is 15.2. The molecule has 2 fully saturated rings. The third-order valence-corrected chi connectivity index (χ3v) is 5.64. The van der Waals surface area contributed by atoms with E-state index in [9.17, 15) is 4.79 Å². The van der Waals surface area contributed by atoms with Crippen molar-refractivity contribution in [1.29, 1.82) is 0 Å². The normalized spacial score (nSPS) is 19.0. The molecular weight excluding hydrogens is 326 g/mol. The van der Waals surface area contributed by atoms with Crippen LogP contribution < -0.4 is 5.32 Å². The fourth-order valence-electron chi connectivity index (χ4n) is 4.16. The first-order valence-corrected chi connectivity index (χ1v) is 9.76. The third kappa shape index (κ3) is 3.89. The molecule has 1 aliphatic carbocycles. The Labute approximate surface area is 154 Å². The first kappa shape index (κ1) is 17.1. The van der Waals surface area contributed by atoms with Gasteiger partial charge in [0.2, 0.25) is 0 Å². The molecule has 0 spiro atoms. The number of imidazole rings is 1. The Balaban J connectivity index is 1.33. The molecule has 6 heteroatoms. The van der Waals surface area contributed by atoms with E-state index < -0.39 is 0 Å². The summed E-state index contributed by atoms with van der Waals surface area (Å²) < 4.78 is 2.20. The molecule has 1 N–H and O–H groups in total. The lowest BCUT2D eigenvalue weighted by Crippen LogP contribution is -2.47. The number of hydrogen-bond donors (Lipinski definition) is 1. The Hall–Kier alpha value is -2.37. The van der Waals surface area contributed by atoms with Crippen LogP contribution in [0.2, 0.25) is 0 Å². The van der Waals surface area contributed by atoms with Gasteiger partial charge in [0.1, 0.15) is 5.82 Å². The summed E-state index contributed by atoms with van der Waals surface area (Å²) in [5, 5.41) is 3.20. The molecule has 3 heterocycles. The SMILES string of the molecule is O=C(NC1CCCC1)N1CCC(c2nccn2Cc2ccccn2)CC1. The number of carbonyl (C=O) groups excluding carboxylic acids is 1. The van der Waals surface area contributed by atoms with Crippen molar-refractivity contribution in [2.45, 2.75) is 57.0 Å². The second-order valence-corrected chi connectivity index (χ2v) is 7.43. The molecule has 4 rings (SSSR count). The van der Waals surface area contributed by atoms with Crippen LogP contribution in [-0.4, -0.2) is 44.6 Å². The Kier molecular flexibility index (Phi) is 5.18. The number of pyridine rings is 1. The highest BCUT2D eigenvalue weighted by Gasteiger charge is 2.28. The van der Waals surface area contributed by atoms with Crippen molar-refractivity contribution in [2.75, 3.05) is 13.1 Å². The Morgan fingerprint density at radius 3 is 2.62 bits per heavy atom. The topological polar surface area (TPSA) is 63.1 Å². The van der Waals surface area contributed by atoms with Crippen LogP contribution in [0, 0.1) is 0 Å². The molecule has 0 bridgehead atoms. The summed E-state index contributed by atoms with van der Waals surface area (Å²) in [6.07, 6.45) is 12.4. The maximum Gasteiger partial charge on any atom is 0.317 e. The molecule has 6 nitrogen and oxygen atoms in total. The van der Waals surface area contributed by atoms with E-state index in [-0.39, 0.29) is 6.03 Å². The van der Waals surface area contributed by atoms with Crippen molar-refractivity contribution in [2.24, 2.45) is 0 Å². The number of aromatic nitrogens is 3. The summed E-state index contributed by atoms with van der Waals surface area (Å²) in [6.45, 7) is 2.36. The van der Waals surface area contributed by atoms with Gasteiger partial charge in [0.05, 0.1) is 12.2 Å². The molecule has 0 aromatic carbocycles. The van der Waals surface area contributed by atoms with Crippen molar-refractivity contribution < 1.29 is 4.79 Å². The van der Waals surface area contributed by atoms with Crippen molar-refractivity contribution in [3.63, 3.8) is 0 Å². The molecule has 0 unspecified atom stereocenters. The summed E-state index contributed by atoms with van der Waals surface area (Å²) in [7, 11) is 0. The van der Waals surface area contributed by atoms with Crippen LogP contribution in [0.4, 0.5) is 4.79 Å². The van der Waals surface area contributed by atoms with E-state index in [2.05, 4.69) is 19.9 Å². The van der Waals surface area contributed by atoms with Gasteiger partial charge in [0, 0.05) is 43.6 Å². The lowest BCUT2D eigenvalue weighted by molar-refractivity contribution is 0.176. The van der Waals surface area contributed by atoms with Crippen LogP contribution in [-0.2, 0) is 6.54 Å². The Morgan fingerprint density at radius 1 is 1.08 bits per heavy atom. The minimum absolute atomic E-state index is 0.118. The van der Waals surface area contributed by atoms with E-state index >= 15 is 0 Å². The average Bonchev–Trinajstić information content (AvgIpc) is 3.35. The summed E-state index contributed by atoms with van der Waals surface area (Å²) >= 11 is 0. The lowest BCUT2D eigenvalue weighted by atomic mass is 9.96. The Morgan fingerprint density at radius 2 is 1.88 bits per heavy atom. The van der Waals surface area contributed by atoms with E-state index in [1.165, 1.54) is 12.8 Å². The van der Waals surface area contributed by atoms with Crippen molar-refractivity contribution in [1.82, 2.24) is 24.8 Å². The number of nitrogens with zero attached hydrogens (tertiary/aromatic N) is 4. The number of amides is 2. The number of hydrogen-bond acceptors (Lipinski definition) is 3. The Bertz CT molecular complexity index is 715. The van der Waals surface area contributed by atoms with Gasteiger partial charge < -0.3 is 14.8 Å². The number of rotatable bonds is 4. The second-order valence-electron chi connectivity index (χ2n) is 7.43. The first-order valence-electron chi connectivity index (χ1n) is 9.76. The molecule has 1 saturated heterocycles. The van der Waals surface area contributed by atoms with E-state index in [4.69, 9.17) is 0 Å². The quantitative estimate of drug-likeness (QED) is 0.918. The van der Waals surface area contributed by atoms with Crippen LogP contribution in [0.3, 0.4) is 0 Å². The molecule has 26 heavy (non-hydrogen) atoms. The van der Waals surface area contributed by atoms with Gasteiger partial charge in [-0.05, 0) is 37.8 Å². The van der Waals surface area contributed by atoms with Crippen LogP contribution in [0.1, 0.15) is 56.0 Å². The van der Waals surface area contributed by atoms with Crippen LogP contribution in [0.15, 0.2) is 36.8 Å². The van der Waals surface area contributed by atoms with E-state index in [0.29, 0.717) is 12.0 Å². The fraction of sp³-hybridized carbons (Fsp3) is 0.550. The van der Waals surface area contributed by atoms with Gasteiger partial charge in [-0.1, -0.05) is 18.9 Å². The summed E-state index contributed by atoms with van der Waals surface area (Å²) in [5.41, 5.74) is 1.04. The van der Waals surface area contributed by atoms with Gasteiger partial charge >= 0.3 is 6.03 Å². The van der Waals surface area contributed by atoms with Crippen LogP contribution in [0.5, 0.6) is 0 Å². The maximum absolute atomic E-state index is 12.4. The van der Waals surface area contributed by atoms with E-state index in [0.717, 1.165) is 56.8 Å². The van der Waals surface area contributed by atoms with Gasteiger partial charge in [-0.15, -0.1) is 0 Å². The minimum atomic E-state index is 0.118. The average molecular weight is 353 g/mol. The molecule has 2 amide bonds. The number of carbonyl (C=O) groups is 1. The number of urea groups is 1. The van der Waals surface area contributed by atoms with E-state index in [1.807, 2.05) is 41.7 Å². The highest BCUT2D eigenvalue weighted by molar-refractivity contribution is 5.74. The maximum atomic E-state index is 12.4. The van der Waals surface area contributed by atoms with Crippen molar-refractivity contribution in [3.05, 3.63) is 48.3 Å². The molecule has 1 saturated carbocycles. The fourth-order valence-corrected chi connectivity index (χ4v) is 4.16. The summed E-state index contributed by atoms with van der Waals surface area (Å²) in [6, 6.07) is 6.50. The molecule has 1 aliphatic heterocycles. The number of likely N-dealkylation sites (tertiary alicyclic amines) is 1. The van der Waals surface area contributed by atoms with Gasteiger partial charge in [0.25, 0.3) is 0 Å². The standard InChI is InChI=1S/C20H27N5O/c26-20(23-17-5-1-2-6-17)24-12-8-16(9-13-24)19-22-11-14-25(19)15-18-7-3-4-10-21-18/h3-4,7,10-11,14,16-17H,1-2,5-6,8-9,12-13,15H2,(H,23,26). The summed E-state index contributed by atoms with van der Waals surface area (Å²) in [4.78, 5) is 23.4. The molecule has 0 radical (unpaired) electrons. The monoisotopic (exact) mass is 353 g/mol. The van der Waals surface area contributed by atoms with Crippen LogP contribution >= 0.6 is 0 Å². The highest BCUT2D eigenvalue weighted by atomic mass is 16.2. The zero-order chi connectivity index (χ0) is 17.8. The predicted octanol–water partition coefficient (Wildman–Crippen LogP) is 3.16. The van der Waals surface area contributed by atoms with Gasteiger partial charge in [0.15, 0.2) is 0 Å². The largest absolute Gasteiger partial charge is 0.335 e. The lowest BCUT2D eigenvalue weighted by Gasteiger charge is -2.32. The number of piperidine rings is 1. The van der Waals surface area contributed by atoms with Crippen LogP contribution in [0.25, 0.3) is 0 Å². The molecule has 138 valence electrons. The highest BCUT2D eigenvalue weighted by Crippen LogP contribution is 2.27. The number of nitrogens with one attached hydrogen (secondary N) is 1. The molecule has 2 aromatic rings. The first-order chi connectivity index (χ1) is 12.8. The molecular formula is C20H27N5O. The van der Waals surface area contributed by atoms with Gasteiger partial charge in [-0.3, -0.25) is 4.98 Å². The van der Waals surface area contributed by atoms with Crippen molar-refractivity contribution >= 4 is 6.03 Å². The van der Waals surface area contributed by atoms with Gasteiger partial charge in [-0.2, -0.15) is 0 Å². The van der Waals surface area contributed by atoms with E-state index in [1.54, 1.807) is 0 Å². The summed E-state index contributed by atoms with van der Waals surface area (Å²) in [5.74, 6) is 1.52. The minimum Gasteiger partial charge on any atom is -0.335 e. The third-order valence-electron chi connectivity index (χ3n) is 5.64. The zero-order valence-corrected chi connectivity index (χ0v) is 15.2. The second kappa shape index (κ2) is 7.89. The molecule has 2 aromatic heterocycles. The molecule has 0 atom stereocenters. The smallest absolute Gasteiger partial charge is 0.317 e.